The number of hydrogen-bond donors (Lipinski definition) is 2. The third-order valence-electron chi connectivity index (χ3n) is 4.56. The first-order valence-corrected chi connectivity index (χ1v) is 10.2. The van der Waals surface area contributed by atoms with Crippen LogP contribution in [-0.2, 0) is 10.0 Å². The summed E-state index contributed by atoms with van der Waals surface area (Å²) in [6, 6.07) is 7.40. The van der Waals surface area contributed by atoms with Crippen LogP contribution in [0.2, 0.25) is 0 Å². The van der Waals surface area contributed by atoms with Crippen molar-refractivity contribution in [1.29, 1.82) is 0 Å². The highest BCUT2D eigenvalue weighted by molar-refractivity contribution is 7.89. The number of rotatable bonds is 4. The molecule has 4 rings (SSSR count). The largest absolute Gasteiger partial charge is 0.486 e. The molecule has 0 saturated carbocycles. The lowest BCUT2D eigenvalue weighted by Crippen LogP contribution is -2.48. The van der Waals surface area contributed by atoms with Gasteiger partial charge in [-0.15, -0.1) is 0 Å². The maximum atomic E-state index is 12.8. The van der Waals surface area contributed by atoms with Gasteiger partial charge in [0.15, 0.2) is 11.5 Å². The van der Waals surface area contributed by atoms with E-state index < -0.39 is 10.0 Å². The number of nitrogens with one attached hydrogen (secondary N) is 2. The Morgan fingerprint density at radius 3 is 2.74 bits per heavy atom. The Labute approximate surface area is 156 Å². The normalized spacial score (nSPS) is 19.7. The molecular formula is C17H20N4O5S. The van der Waals surface area contributed by atoms with Crippen molar-refractivity contribution in [3.05, 3.63) is 40.7 Å². The smallest absolute Gasteiger partial charge is 0.264 e. The van der Waals surface area contributed by atoms with E-state index in [2.05, 4.69) is 14.9 Å². The van der Waals surface area contributed by atoms with Gasteiger partial charge in [-0.05, 0) is 31.0 Å². The van der Waals surface area contributed by atoms with Crippen LogP contribution in [0.3, 0.4) is 0 Å². The summed E-state index contributed by atoms with van der Waals surface area (Å²) in [6.07, 6.45) is 1.54. The third-order valence-corrected chi connectivity index (χ3v) is 6.07. The Bertz CT molecular complexity index is 971. The lowest BCUT2D eigenvalue weighted by Gasteiger charge is -2.33. The van der Waals surface area contributed by atoms with Crippen molar-refractivity contribution in [2.75, 3.05) is 31.2 Å². The molecule has 2 aromatic rings. The lowest BCUT2D eigenvalue weighted by molar-refractivity contribution is 0.171. The first-order chi connectivity index (χ1) is 13.0. The molecule has 0 spiro atoms. The first kappa shape index (κ1) is 17.8. The van der Waals surface area contributed by atoms with Gasteiger partial charge in [0.25, 0.3) is 5.56 Å². The van der Waals surface area contributed by atoms with E-state index in [0.717, 1.165) is 19.4 Å². The molecule has 0 bridgehead atoms. The first-order valence-electron chi connectivity index (χ1n) is 8.74. The van der Waals surface area contributed by atoms with Crippen LogP contribution in [0.25, 0.3) is 0 Å². The molecule has 0 amide bonds. The number of hydrogen-bond acceptors (Lipinski definition) is 7. The Balaban J connectivity index is 1.49. The standard InChI is InChI=1S/C17H20N4O5S/c22-17-6-5-16(18-19-17)21-7-1-2-12(11-21)20-27(23,24)13-3-4-14-15(10-13)26-9-8-25-14/h3-6,10,12,20H,1-2,7-9,11H2,(H,19,22). The van der Waals surface area contributed by atoms with Crippen LogP contribution in [-0.4, -0.2) is 51.0 Å². The molecule has 1 saturated heterocycles. The van der Waals surface area contributed by atoms with E-state index in [0.29, 0.717) is 37.1 Å². The summed E-state index contributed by atoms with van der Waals surface area (Å²) in [5.74, 6) is 1.61. The fourth-order valence-corrected chi connectivity index (χ4v) is 4.55. The Morgan fingerprint density at radius 2 is 1.96 bits per heavy atom. The number of benzene rings is 1. The van der Waals surface area contributed by atoms with Gasteiger partial charge in [0, 0.05) is 31.3 Å². The molecule has 1 aromatic carbocycles. The quantitative estimate of drug-likeness (QED) is 0.778. The summed E-state index contributed by atoms with van der Waals surface area (Å²) in [5, 5.41) is 6.42. The van der Waals surface area contributed by atoms with Gasteiger partial charge in [-0.3, -0.25) is 4.79 Å². The molecule has 2 N–H and O–H groups in total. The van der Waals surface area contributed by atoms with Gasteiger partial charge in [-0.1, -0.05) is 0 Å². The highest BCUT2D eigenvalue weighted by atomic mass is 32.2. The van der Waals surface area contributed by atoms with Gasteiger partial charge in [0.2, 0.25) is 10.0 Å². The number of aromatic nitrogens is 2. The highest BCUT2D eigenvalue weighted by Crippen LogP contribution is 2.32. The molecule has 27 heavy (non-hydrogen) atoms. The van der Waals surface area contributed by atoms with E-state index in [1.807, 2.05) is 4.90 Å². The topological polar surface area (TPSA) is 114 Å². The van der Waals surface area contributed by atoms with E-state index in [1.54, 1.807) is 12.1 Å². The summed E-state index contributed by atoms with van der Waals surface area (Å²) in [6.45, 7) is 2.08. The molecule has 1 aromatic heterocycles. The molecule has 0 aliphatic carbocycles. The summed E-state index contributed by atoms with van der Waals surface area (Å²) in [4.78, 5) is 13.3. The van der Waals surface area contributed by atoms with Crippen LogP contribution in [0.4, 0.5) is 5.82 Å². The number of piperidine rings is 1. The maximum absolute atomic E-state index is 12.8. The summed E-state index contributed by atoms with van der Waals surface area (Å²) in [5.41, 5.74) is -0.272. The highest BCUT2D eigenvalue weighted by Gasteiger charge is 2.27. The molecule has 9 nitrogen and oxygen atoms in total. The summed E-state index contributed by atoms with van der Waals surface area (Å²) >= 11 is 0. The van der Waals surface area contributed by atoms with Gasteiger partial charge in [-0.2, -0.15) is 5.10 Å². The minimum Gasteiger partial charge on any atom is -0.486 e. The van der Waals surface area contributed by atoms with Gasteiger partial charge in [0.05, 0.1) is 4.90 Å². The second-order valence-electron chi connectivity index (χ2n) is 6.49. The molecule has 1 fully saturated rings. The number of fused-ring (bicyclic) bond motifs is 1. The molecule has 144 valence electrons. The number of nitrogens with zero attached hydrogens (tertiary/aromatic N) is 2. The minimum absolute atomic E-state index is 0.144. The molecule has 0 radical (unpaired) electrons. The predicted molar refractivity (Wildman–Crippen MR) is 97.8 cm³/mol. The van der Waals surface area contributed by atoms with E-state index in [1.165, 1.54) is 18.2 Å². The fraction of sp³-hybridized carbons (Fsp3) is 0.412. The average Bonchev–Trinajstić information content (AvgIpc) is 2.68. The predicted octanol–water partition coefficient (Wildman–Crippen LogP) is 0.488. The number of H-pyrrole nitrogens is 1. The molecular weight excluding hydrogens is 372 g/mol. The van der Waals surface area contributed by atoms with Crippen LogP contribution < -0.4 is 24.7 Å². The van der Waals surface area contributed by atoms with E-state index in [4.69, 9.17) is 9.47 Å². The van der Waals surface area contributed by atoms with Gasteiger partial charge in [0.1, 0.15) is 19.0 Å². The van der Waals surface area contributed by atoms with E-state index in [-0.39, 0.29) is 16.5 Å². The molecule has 10 heteroatoms. The Morgan fingerprint density at radius 1 is 1.15 bits per heavy atom. The van der Waals surface area contributed by atoms with Crippen molar-refractivity contribution in [1.82, 2.24) is 14.9 Å². The van der Waals surface area contributed by atoms with Crippen LogP contribution in [0.15, 0.2) is 40.0 Å². The second kappa shape index (κ2) is 7.20. The lowest BCUT2D eigenvalue weighted by atomic mass is 10.1. The number of aromatic amines is 1. The minimum atomic E-state index is -3.70. The van der Waals surface area contributed by atoms with Gasteiger partial charge >= 0.3 is 0 Å². The third kappa shape index (κ3) is 3.91. The SMILES string of the molecule is O=c1ccc(N2CCCC(NS(=O)(=O)c3ccc4c(c3)OCCO4)C2)n[nH]1. The van der Waals surface area contributed by atoms with Crippen LogP contribution >= 0.6 is 0 Å². The van der Waals surface area contributed by atoms with Crippen LogP contribution in [0.1, 0.15) is 12.8 Å². The van der Waals surface area contributed by atoms with Crippen molar-refractivity contribution in [3.8, 4) is 11.5 Å². The number of sulfonamides is 1. The Hall–Kier alpha value is -2.59. The molecule has 3 heterocycles. The van der Waals surface area contributed by atoms with Crippen molar-refractivity contribution in [2.45, 2.75) is 23.8 Å². The molecule has 1 atom stereocenters. The zero-order chi connectivity index (χ0) is 18.9. The van der Waals surface area contributed by atoms with E-state index >= 15 is 0 Å². The zero-order valence-electron chi connectivity index (χ0n) is 14.6. The van der Waals surface area contributed by atoms with Crippen molar-refractivity contribution in [2.24, 2.45) is 0 Å². The number of ether oxygens (including phenoxy) is 2. The van der Waals surface area contributed by atoms with Crippen molar-refractivity contribution >= 4 is 15.8 Å². The Kier molecular flexibility index (Phi) is 4.75. The van der Waals surface area contributed by atoms with Crippen LogP contribution in [0.5, 0.6) is 11.5 Å². The maximum Gasteiger partial charge on any atom is 0.264 e. The monoisotopic (exact) mass is 392 g/mol. The summed E-state index contributed by atoms with van der Waals surface area (Å²) < 4.78 is 39.2. The van der Waals surface area contributed by atoms with Gasteiger partial charge in [-0.25, -0.2) is 18.2 Å². The molecule has 2 aliphatic heterocycles. The van der Waals surface area contributed by atoms with Crippen molar-refractivity contribution < 1.29 is 17.9 Å². The second-order valence-corrected chi connectivity index (χ2v) is 8.21. The van der Waals surface area contributed by atoms with Crippen molar-refractivity contribution in [3.63, 3.8) is 0 Å². The number of anilines is 1. The van der Waals surface area contributed by atoms with Gasteiger partial charge < -0.3 is 14.4 Å². The molecule has 1 unspecified atom stereocenters. The zero-order valence-corrected chi connectivity index (χ0v) is 15.4. The average molecular weight is 392 g/mol. The van der Waals surface area contributed by atoms with E-state index in [9.17, 15) is 13.2 Å². The van der Waals surface area contributed by atoms with Crippen LogP contribution in [0, 0.1) is 0 Å². The summed E-state index contributed by atoms with van der Waals surface area (Å²) in [7, 11) is -3.70. The fourth-order valence-electron chi connectivity index (χ4n) is 3.27. The molecule has 2 aliphatic rings.